The summed E-state index contributed by atoms with van der Waals surface area (Å²) in [4.78, 5) is 24.4. The molecule has 1 fully saturated rings. The highest BCUT2D eigenvalue weighted by Crippen LogP contribution is 2.29. The number of carbonyl (C=O) groups is 2. The van der Waals surface area contributed by atoms with Crippen LogP contribution >= 0.6 is 46.4 Å². The molecule has 10 heteroatoms. The number of nitrogens with one attached hydrogen (secondary N) is 4. The third kappa shape index (κ3) is 7.62. The van der Waals surface area contributed by atoms with Crippen molar-refractivity contribution in [3.05, 3.63) is 56.5 Å². The summed E-state index contributed by atoms with van der Waals surface area (Å²) in [7, 11) is 0. The van der Waals surface area contributed by atoms with E-state index in [0.717, 1.165) is 25.7 Å². The minimum atomic E-state index is -0.311. The van der Waals surface area contributed by atoms with E-state index < -0.39 is 0 Å². The largest absolute Gasteiger partial charge is 0.338 e. The van der Waals surface area contributed by atoms with E-state index >= 15 is 0 Å². The molecule has 1 aliphatic rings. The molecule has 32 heavy (non-hydrogen) atoms. The Morgan fingerprint density at radius 1 is 0.750 bits per heavy atom. The number of anilines is 2. The van der Waals surface area contributed by atoms with Crippen LogP contribution in [-0.4, -0.2) is 25.2 Å². The molecule has 2 aromatic carbocycles. The van der Waals surface area contributed by atoms with Gasteiger partial charge < -0.3 is 21.3 Å². The second kappa shape index (κ2) is 11.8. The van der Waals surface area contributed by atoms with Gasteiger partial charge in [0, 0.05) is 23.1 Å². The molecule has 0 unspecified atom stereocenters. The zero-order valence-corrected chi connectivity index (χ0v) is 20.2. The van der Waals surface area contributed by atoms with Crippen LogP contribution in [0.1, 0.15) is 25.7 Å². The first kappa shape index (κ1) is 24.8. The van der Waals surface area contributed by atoms with Crippen LogP contribution in [0, 0.1) is 11.8 Å². The Labute approximate surface area is 207 Å². The standard InChI is InChI=1S/C22H24Cl4N4O2/c23-15-4-6-19(17(25)9-15)29-21(31)27-11-13-2-1-3-14(8-13)12-28-22(32)30-20-7-5-16(24)10-18(20)26/h4-7,9-10,13-14H,1-3,8,11-12H2,(H2,27,29,31)(H2,28,30,32)/t13-,14+. The molecule has 0 aromatic heterocycles. The average molecular weight is 518 g/mol. The lowest BCUT2D eigenvalue weighted by atomic mass is 9.81. The van der Waals surface area contributed by atoms with Crippen LogP contribution in [0.2, 0.25) is 20.1 Å². The second-order valence-electron chi connectivity index (χ2n) is 7.82. The highest BCUT2D eigenvalue weighted by Gasteiger charge is 2.23. The summed E-state index contributed by atoms with van der Waals surface area (Å²) >= 11 is 23.9. The first-order valence-electron chi connectivity index (χ1n) is 10.3. The Morgan fingerprint density at radius 2 is 1.19 bits per heavy atom. The molecule has 6 nitrogen and oxygen atoms in total. The normalized spacial score (nSPS) is 18.0. The van der Waals surface area contributed by atoms with Gasteiger partial charge >= 0.3 is 12.1 Å². The summed E-state index contributed by atoms with van der Waals surface area (Å²) in [5, 5.41) is 13.1. The van der Waals surface area contributed by atoms with E-state index in [2.05, 4.69) is 21.3 Å². The highest BCUT2D eigenvalue weighted by molar-refractivity contribution is 6.37. The summed E-state index contributed by atoms with van der Waals surface area (Å²) in [5.74, 6) is 0.687. The zero-order valence-electron chi connectivity index (χ0n) is 17.2. The smallest absolute Gasteiger partial charge is 0.319 e. The van der Waals surface area contributed by atoms with E-state index in [1.165, 1.54) is 0 Å². The van der Waals surface area contributed by atoms with Crippen molar-refractivity contribution in [3.8, 4) is 0 Å². The van der Waals surface area contributed by atoms with Gasteiger partial charge in [-0.25, -0.2) is 9.59 Å². The van der Waals surface area contributed by atoms with Crippen LogP contribution in [0.4, 0.5) is 21.0 Å². The molecule has 1 aliphatic carbocycles. The van der Waals surface area contributed by atoms with Crippen LogP contribution in [0.5, 0.6) is 0 Å². The van der Waals surface area contributed by atoms with Crippen molar-refractivity contribution in [1.29, 1.82) is 0 Å². The van der Waals surface area contributed by atoms with Crippen molar-refractivity contribution in [1.82, 2.24) is 10.6 Å². The van der Waals surface area contributed by atoms with Gasteiger partial charge in [0.05, 0.1) is 21.4 Å². The van der Waals surface area contributed by atoms with Gasteiger partial charge in [-0.05, 0) is 67.5 Å². The Morgan fingerprint density at radius 3 is 1.59 bits per heavy atom. The van der Waals surface area contributed by atoms with Crippen LogP contribution < -0.4 is 21.3 Å². The molecule has 0 spiro atoms. The summed E-state index contributed by atoms with van der Waals surface area (Å²) < 4.78 is 0. The Balaban J connectivity index is 1.40. The number of halogens is 4. The Kier molecular flexibility index (Phi) is 9.17. The number of amides is 4. The number of carbonyl (C=O) groups excluding carboxylic acids is 2. The van der Waals surface area contributed by atoms with Gasteiger partial charge in [-0.15, -0.1) is 0 Å². The zero-order chi connectivity index (χ0) is 23.1. The predicted octanol–water partition coefficient (Wildman–Crippen LogP) is 7.05. The maximum atomic E-state index is 12.2. The fourth-order valence-electron chi connectivity index (χ4n) is 3.76. The molecule has 2 atom stereocenters. The number of hydrogen-bond donors (Lipinski definition) is 4. The molecule has 0 radical (unpaired) electrons. The van der Waals surface area contributed by atoms with Crippen molar-refractivity contribution in [2.24, 2.45) is 11.8 Å². The van der Waals surface area contributed by atoms with Crippen LogP contribution in [-0.2, 0) is 0 Å². The maximum Gasteiger partial charge on any atom is 0.319 e. The summed E-state index contributed by atoms with van der Waals surface area (Å²) in [6.07, 6.45) is 4.04. The summed E-state index contributed by atoms with van der Waals surface area (Å²) in [6.45, 7) is 1.11. The molecule has 2 aromatic rings. The van der Waals surface area contributed by atoms with Gasteiger partial charge in [0.15, 0.2) is 0 Å². The Bertz CT molecular complexity index is 897. The van der Waals surface area contributed by atoms with E-state index in [9.17, 15) is 9.59 Å². The van der Waals surface area contributed by atoms with Crippen LogP contribution in [0.15, 0.2) is 36.4 Å². The quantitative estimate of drug-likeness (QED) is 0.331. The molecule has 0 saturated heterocycles. The van der Waals surface area contributed by atoms with Crippen molar-refractivity contribution in [2.75, 3.05) is 23.7 Å². The second-order valence-corrected chi connectivity index (χ2v) is 9.50. The number of hydrogen-bond acceptors (Lipinski definition) is 2. The van der Waals surface area contributed by atoms with E-state index in [1.807, 2.05) is 0 Å². The van der Waals surface area contributed by atoms with Crippen LogP contribution in [0.3, 0.4) is 0 Å². The monoisotopic (exact) mass is 516 g/mol. The molecule has 0 aliphatic heterocycles. The van der Waals surface area contributed by atoms with Gasteiger partial charge in [-0.3, -0.25) is 0 Å². The van der Waals surface area contributed by atoms with Gasteiger partial charge in [-0.1, -0.05) is 52.8 Å². The molecule has 0 heterocycles. The minimum Gasteiger partial charge on any atom is -0.338 e. The molecule has 0 bridgehead atoms. The topological polar surface area (TPSA) is 82.3 Å². The van der Waals surface area contributed by atoms with E-state index in [0.29, 0.717) is 56.4 Å². The van der Waals surface area contributed by atoms with Gasteiger partial charge in [0.25, 0.3) is 0 Å². The third-order valence-electron chi connectivity index (χ3n) is 5.35. The Hall–Kier alpha value is -1.86. The molecule has 172 valence electrons. The average Bonchev–Trinajstić information content (AvgIpc) is 2.75. The molecule has 4 amide bonds. The fraction of sp³-hybridized carbons (Fsp3) is 0.364. The highest BCUT2D eigenvalue weighted by atomic mass is 35.5. The first-order chi connectivity index (χ1) is 15.3. The van der Waals surface area contributed by atoms with E-state index in [1.54, 1.807) is 36.4 Å². The SMILES string of the molecule is O=C(NC[C@H]1CCC[C@@H](CNC(=O)Nc2ccc(Cl)cc2Cl)C1)Nc1ccc(Cl)cc1Cl. The lowest BCUT2D eigenvalue weighted by Crippen LogP contribution is -2.38. The summed E-state index contributed by atoms with van der Waals surface area (Å²) in [5.41, 5.74) is 1.01. The van der Waals surface area contributed by atoms with Gasteiger partial charge in [-0.2, -0.15) is 0 Å². The van der Waals surface area contributed by atoms with Crippen molar-refractivity contribution in [3.63, 3.8) is 0 Å². The molecule has 4 N–H and O–H groups in total. The van der Waals surface area contributed by atoms with Crippen LogP contribution in [0.25, 0.3) is 0 Å². The summed E-state index contributed by atoms with van der Waals surface area (Å²) in [6, 6.07) is 9.19. The van der Waals surface area contributed by atoms with Crippen molar-refractivity contribution < 1.29 is 9.59 Å². The number of rotatable bonds is 6. The van der Waals surface area contributed by atoms with Gasteiger partial charge in [0.2, 0.25) is 0 Å². The number of urea groups is 2. The predicted molar refractivity (Wildman–Crippen MR) is 132 cm³/mol. The first-order valence-corrected chi connectivity index (χ1v) is 11.8. The molecular formula is C22H24Cl4N4O2. The minimum absolute atomic E-state index is 0.311. The lowest BCUT2D eigenvalue weighted by molar-refractivity contribution is 0.230. The van der Waals surface area contributed by atoms with E-state index in [4.69, 9.17) is 46.4 Å². The fourth-order valence-corrected chi connectivity index (χ4v) is 4.67. The third-order valence-corrected chi connectivity index (χ3v) is 6.45. The van der Waals surface area contributed by atoms with Crippen molar-refractivity contribution in [2.45, 2.75) is 25.7 Å². The van der Waals surface area contributed by atoms with Gasteiger partial charge in [0.1, 0.15) is 0 Å². The molecule has 1 saturated carbocycles. The van der Waals surface area contributed by atoms with Crippen molar-refractivity contribution >= 4 is 69.8 Å². The lowest BCUT2D eigenvalue weighted by Gasteiger charge is -2.29. The number of benzene rings is 2. The maximum absolute atomic E-state index is 12.2. The van der Waals surface area contributed by atoms with E-state index in [-0.39, 0.29) is 12.1 Å². The molecule has 3 rings (SSSR count). The molecular weight excluding hydrogens is 494 g/mol.